The van der Waals surface area contributed by atoms with Gasteiger partial charge in [0.1, 0.15) is 0 Å². The standard InChI is InChI=1S/C12H16N6S/c1-8(2)5-4-6-9(3)7-10-13-14-11-15-16-12(19)18(11)17-10/h5,7H,4,6H2,1-3H3,(H,16,19). The molecule has 0 fully saturated rings. The van der Waals surface area contributed by atoms with E-state index in [4.69, 9.17) is 12.2 Å². The Morgan fingerprint density at radius 2 is 2.11 bits per heavy atom. The molecule has 0 bridgehead atoms. The van der Waals surface area contributed by atoms with Gasteiger partial charge in [0.25, 0.3) is 5.78 Å². The maximum atomic E-state index is 5.05. The predicted molar refractivity (Wildman–Crippen MR) is 76.1 cm³/mol. The molecule has 19 heavy (non-hydrogen) atoms. The first-order valence-corrected chi connectivity index (χ1v) is 6.46. The number of aromatic nitrogens is 6. The van der Waals surface area contributed by atoms with Crippen LogP contribution in [0.1, 0.15) is 39.4 Å². The van der Waals surface area contributed by atoms with Gasteiger partial charge in [-0.1, -0.05) is 17.2 Å². The van der Waals surface area contributed by atoms with Crippen molar-refractivity contribution < 1.29 is 0 Å². The molecular formula is C12H16N6S. The highest BCUT2D eigenvalue weighted by molar-refractivity contribution is 7.71. The molecule has 2 rings (SSSR count). The summed E-state index contributed by atoms with van der Waals surface area (Å²) in [6.07, 6.45) is 6.13. The van der Waals surface area contributed by atoms with Crippen LogP contribution in [-0.4, -0.2) is 30.0 Å². The molecule has 2 aromatic rings. The average Bonchev–Trinajstić information content (AvgIpc) is 2.70. The number of allylic oxidation sites excluding steroid dienone is 3. The molecule has 2 aromatic heterocycles. The first-order chi connectivity index (χ1) is 9.06. The third-order valence-electron chi connectivity index (χ3n) is 2.54. The van der Waals surface area contributed by atoms with Crippen molar-refractivity contribution >= 4 is 24.1 Å². The van der Waals surface area contributed by atoms with E-state index in [1.54, 1.807) is 0 Å². The normalized spacial score (nSPS) is 11.8. The molecule has 2 heterocycles. The van der Waals surface area contributed by atoms with Gasteiger partial charge in [0, 0.05) is 0 Å². The summed E-state index contributed by atoms with van der Waals surface area (Å²) >= 11 is 5.05. The minimum atomic E-state index is 0.379. The van der Waals surface area contributed by atoms with E-state index in [0.29, 0.717) is 16.4 Å². The molecule has 0 saturated carbocycles. The van der Waals surface area contributed by atoms with Crippen LogP contribution < -0.4 is 0 Å². The summed E-state index contributed by atoms with van der Waals surface area (Å²) < 4.78 is 1.89. The molecule has 0 aromatic carbocycles. The fourth-order valence-corrected chi connectivity index (χ4v) is 1.76. The summed E-state index contributed by atoms with van der Waals surface area (Å²) in [5.74, 6) is 0.920. The second-order valence-corrected chi connectivity index (χ2v) is 5.00. The highest BCUT2D eigenvalue weighted by atomic mass is 32.1. The van der Waals surface area contributed by atoms with Crippen molar-refractivity contribution in [2.45, 2.75) is 33.6 Å². The number of nitrogens with one attached hydrogen (secondary N) is 1. The van der Waals surface area contributed by atoms with Gasteiger partial charge in [-0.15, -0.1) is 20.4 Å². The molecule has 0 aliphatic carbocycles. The molecule has 0 spiro atoms. The maximum absolute atomic E-state index is 5.05. The molecule has 7 heteroatoms. The van der Waals surface area contributed by atoms with E-state index in [-0.39, 0.29) is 0 Å². The molecule has 0 radical (unpaired) electrons. The number of hydrogen-bond acceptors (Lipinski definition) is 5. The maximum Gasteiger partial charge on any atom is 0.289 e. The zero-order valence-corrected chi connectivity index (χ0v) is 12.0. The summed E-state index contributed by atoms with van der Waals surface area (Å²) in [7, 11) is 0. The van der Waals surface area contributed by atoms with Gasteiger partial charge in [-0.3, -0.25) is 0 Å². The van der Waals surface area contributed by atoms with Crippen molar-refractivity contribution in [3.05, 3.63) is 27.8 Å². The number of rotatable bonds is 4. The van der Waals surface area contributed by atoms with Gasteiger partial charge in [0.05, 0.1) is 0 Å². The van der Waals surface area contributed by atoms with Crippen LogP contribution in [0.2, 0.25) is 0 Å². The summed E-state index contributed by atoms with van der Waals surface area (Å²) in [6.45, 7) is 6.25. The minimum absolute atomic E-state index is 0.379. The van der Waals surface area contributed by atoms with Crippen molar-refractivity contribution in [3.8, 4) is 0 Å². The van der Waals surface area contributed by atoms with Crippen LogP contribution in [0.4, 0.5) is 0 Å². The molecule has 0 unspecified atom stereocenters. The highest BCUT2D eigenvalue weighted by Gasteiger charge is 2.02. The SMILES string of the molecule is CC(C)=CCCC(C)=Cc1nnc2n[nH]c(=S)n2n1. The molecule has 0 aliphatic rings. The lowest BCUT2D eigenvalue weighted by molar-refractivity contribution is 0.802. The van der Waals surface area contributed by atoms with Gasteiger partial charge in [-0.25, -0.2) is 5.10 Å². The van der Waals surface area contributed by atoms with E-state index in [9.17, 15) is 0 Å². The Balaban J connectivity index is 2.17. The fraction of sp³-hybridized carbons (Fsp3) is 0.417. The lowest BCUT2D eigenvalue weighted by Crippen LogP contribution is -2.01. The Hall–Kier alpha value is -1.89. The zero-order valence-electron chi connectivity index (χ0n) is 11.2. The van der Waals surface area contributed by atoms with E-state index in [2.05, 4.69) is 52.3 Å². The van der Waals surface area contributed by atoms with Gasteiger partial charge in [-0.2, -0.15) is 4.52 Å². The molecular weight excluding hydrogens is 260 g/mol. The summed E-state index contributed by atoms with van der Waals surface area (Å²) in [6, 6.07) is 0. The van der Waals surface area contributed by atoms with Crippen LogP contribution >= 0.6 is 12.2 Å². The number of nitrogens with zero attached hydrogens (tertiary/aromatic N) is 5. The summed E-state index contributed by atoms with van der Waals surface area (Å²) in [5.41, 5.74) is 2.53. The van der Waals surface area contributed by atoms with Crippen LogP contribution in [0.15, 0.2) is 17.2 Å². The van der Waals surface area contributed by atoms with Gasteiger partial charge >= 0.3 is 0 Å². The van der Waals surface area contributed by atoms with Gasteiger partial charge in [-0.05, 0) is 51.9 Å². The molecule has 1 N–H and O–H groups in total. The lowest BCUT2D eigenvalue weighted by Gasteiger charge is -1.98. The Bertz CT molecular complexity index is 690. The summed E-state index contributed by atoms with van der Waals surface area (Å²) in [4.78, 5) is 0. The average molecular weight is 276 g/mol. The first-order valence-electron chi connectivity index (χ1n) is 6.05. The van der Waals surface area contributed by atoms with Crippen molar-refractivity contribution in [3.63, 3.8) is 0 Å². The van der Waals surface area contributed by atoms with E-state index < -0.39 is 0 Å². The molecule has 100 valence electrons. The first kappa shape index (κ1) is 13.5. The third-order valence-corrected chi connectivity index (χ3v) is 2.81. The van der Waals surface area contributed by atoms with E-state index in [1.807, 2.05) is 6.08 Å². The lowest BCUT2D eigenvalue weighted by atomic mass is 10.1. The number of aromatic amines is 1. The Labute approximate surface area is 116 Å². The topological polar surface area (TPSA) is 71.8 Å². The number of hydrogen-bond donors (Lipinski definition) is 1. The monoisotopic (exact) mass is 276 g/mol. The van der Waals surface area contributed by atoms with Crippen molar-refractivity contribution in [1.29, 1.82) is 0 Å². The Morgan fingerprint density at radius 1 is 1.32 bits per heavy atom. The summed E-state index contributed by atoms with van der Waals surface area (Å²) in [5, 5.41) is 18.7. The van der Waals surface area contributed by atoms with Crippen molar-refractivity contribution in [2.75, 3.05) is 0 Å². The molecule has 6 nitrogen and oxygen atoms in total. The molecule has 0 amide bonds. The number of fused-ring (bicyclic) bond motifs is 1. The fourth-order valence-electron chi connectivity index (χ4n) is 1.60. The second kappa shape index (κ2) is 5.83. The molecule has 0 aliphatic heterocycles. The second-order valence-electron chi connectivity index (χ2n) is 4.61. The van der Waals surface area contributed by atoms with Crippen LogP contribution in [0.5, 0.6) is 0 Å². The smallest absolute Gasteiger partial charge is 0.248 e. The van der Waals surface area contributed by atoms with Crippen LogP contribution in [-0.2, 0) is 0 Å². The van der Waals surface area contributed by atoms with Gasteiger partial charge in [0.15, 0.2) is 5.82 Å². The van der Waals surface area contributed by atoms with E-state index in [0.717, 1.165) is 12.8 Å². The quantitative estimate of drug-likeness (QED) is 0.686. The number of H-pyrrole nitrogens is 1. The van der Waals surface area contributed by atoms with E-state index in [1.165, 1.54) is 15.7 Å². The van der Waals surface area contributed by atoms with Crippen molar-refractivity contribution in [1.82, 2.24) is 30.0 Å². The molecule has 0 saturated heterocycles. The highest BCUT2D eigenvalue weighted by Crippen LogP contribution is 2.09. The Morgan fingerprint density at radius 3 is 2.84 bits per heavy atom. The van der Waals surface area contributed by atoms with Crippen molar-refractivity contribution in [2.24, 2.45) is 0 Å². The predicted octanol–water partition coefficient (Wildman–Crippen LogP) is 2.73. The Kier molecular flexibility index (Phi) is 4.16. The third kappa shape index (κ3) is 3.54. The molecule has 0 atom stereocenters. The van der Waals surface area contributed by atoms with Crippen LogP contribution in [0.25, 0.3) is 11.9 Å². The van der Waals surface area contributed by atoms with Crippen LogP contribution in [0, 0.1) is 4.77 Å². The minimum Gasteiger partial charge on any atom is -0.248 e. The van der Waals surface area contributed by atoms with Gasteiger partial charge < -0.3 is 0 Å². The van der Waals surface area contributed by atoms with E-state index >= 15 is 0 Å². The largest absolute Gasteiger partial charge is 0.289 e. The zero-order chi connectivity index (χ0) is 13.8. The van der Waals surface area contributed by atoms with Gasteiger partial charge in [0.2, 0.25) is 4.77 Å². The van der Waals surface area contributed by atoms with Crippen LogP contribution in [0.3, 0.4) is 0 Å².